The van der Waals surface area contributed by atoms with E-state index < -0.39 is 11.5 Å². The van der Waals surface area contributed by atoms with Crippen LogP contribution in [0.2, 0.25) is 0 Å². The Bertz CT molecular complexity index is 657. The van der Waals surface area contributed by atoms with Gasteiger partial charge < -0.3 is 15.0 Å². The van der Waals surface area contributed by atoms with Crippen LogP contribution in [0.3, 0.4) is 0 Å². The zero-order valence-corrected chi connectivity index (χ0v) is 14.5. The molecule has 1 aromatic carbocycles. The number of likely N-dealkylation sites (tertiary alicyclic amines) is 1. The van der Waals surface area contributed by atoms with E-state index in [2.05, 4.69) is 5.32 Å². The van der Waals surface area contributed by atoms with E-state index in [0.29, 0.717) is 31.1 Å². The van der Waals surface area contributed by atoms with E-state index in [1.165, 1.54) is 0 Å². The van der Waals surface area contributed by atoms with Gasteiger partial charge in [0, 0.05) is 12.1 Å². The largest absolute Gasteiger partial charge is 0.464 e. The summed E-state index contributed by atoms with van der Waals surface area (Å²) in [5, 5.41) is 2.64. The maximum absolute atomic E-state index is 12.7. The van der Waals surface area contributed by atoms with Crippen LogP contribution in [-0.4, -0.2) is 47.9 Å². The minimum absolute atomic E-state index is 0.158. The van der Waals surface area contributed by atoms with Crippen molar-refractivity contribution in [1.82, 2.24) is 10.2 Å². The van der Waals surface area contributed by atoms with E-state index in [9.17, 15) is 14.4 Å². The number of nitrogens with zero attached hydrogens (tertiary/aromatic N) is 1. The van der Waals surface area contributed by atoms with Gasteiger partial charge in [-0.15, -0.1) is 0 Å². The normalized spacial score (nSPS) is 22.5. The molecular formula is C19H24N2O4. The molecule has 0 radical (unpaired) electrons. The second-order valence-corrected chi connectivity index (χ2v) is 7.01. The molecule has 1 aromatic rings. The molecule has 1 saturated heterocycles. The highest BCUT2D eigenvalue weighted by Gasteiger charge is 2.45. The minimum Gasteiger partial charge on any atom is -0.464 e. The van der Waals surface area contributed by atoms with Gasteiger partial charge in [0.05, 0.1) is 6.61 Å². The summed E-state index contributed by atoms with van der Waals surface area (Å²) in [4.78, 5) is 38.7. The van der Waals surface area contributed by atoms with Gasteiger partial charge in [-0.1, -0.05) is 18.2 Å². The van der Waals surface area contributed by atoms with Crippen molar-refractivity contribution in [2.24, 2.45) is 5.92 Å². The van der Waals surface area contributed by atoms with Gasteiger partial charge in [-0.3, -0.25) is 14.4 Å². The topological polar surface area (TPSA) is 75.7 Å². The third-order valence-electron chi connectivity index (χ3n) is 4.97. The zero-order valence-electron chi connectivity index (χ0n) is 14.5. The van der Waals surface area contributed by atoms with Gasteiger partial charge in [0.2, 0.25) is 5.91 Å². The highest BCUT2D eigenvalue weighted by molar-refractivity contribution is 6.00. The molecule has 0 aromatic heterocycles. The summed E-state index contributed by atoms with van der Waals surface area (Å²) in [6, 6.07) is 8.94. The Balaban J connectivity index is 1.59. The molecule has 2 amide bonds. The van der Waals surface area contributed by atoms with Crippen molar-refractivity contribution < 1.29 is 19.1 Å². The van der Waals surface area contributed by atoms with Crippen molar-refractivity contribution in [2.75, 3.05) is 19.7 Å². The van der Waals surface area contributed by atoms with Gasteiger partial charge in [0.1, 0.15) is 12.1 Å². The maximum Gasteiger partial charge on any atom is 0.325 e. The number of hydrogen-bond donors (Lipinski definition) is 1. The minimum atomic E-state index is -0.941. The average molecular weight is 344 g/mol. The fourth-order valence-corrected chi connectivity index (χ4v) is 3.15. The molecule has 1 aliphatic heterocycles. The van der Waals surface area contributed by atoms with Crippen LogP contribution in [0, 0.1) is 5.92 Å². The Morgan fingerprint density at radius 3 is 2.64 bits per heavy atom. The number of carbonyl (C=O) groups excluding carboxylic acids is 3. The molecule has 1 atom stereocenters. The van der Waals surface area contributed by atoms with Crippen LogP contribution in [0.1, 0.15) is 43.0 Å². The smallest absolute Gasteiger partial charge is 0.325 e. The van der Waals surface area contributed by atoms with E-state index in [0.717, 1.165) is 19.3 Å². The highest BCUT2D eigenvalue weighted by Crippen LogP contribution is 2.31. The number of esters is 1. The molecule has 1 aliphatic carbocycles. The number of hydrogen-bond acceptors (Lipinski definition) is 4. The lowest BCUT2D eigenvalue weighted by atomic mass is 9.97. The van der Waals surface area contributed by atoms with Crippen LogP contribution in [0.25, 0.3) is 0 Å². The molecule has 1 heterocycles. The van der Waals surface area contributed by atoms with Crippen molar-refractivity contribution in [3.63, 3.8) is 0 Å². The highest BCUT2D eigenvalue weighted by atomic mass is 16.5. The molecule has 25 heavy (non-hydrogen) atoms. The molecule has 134 valence electrons. The van der Waals surface area contributed by atoms with Gasteiger partial charge in [-0.2, -0.15) is 0 Å². The summed E-state index contributed by atoms with van der Waals surface area (Å²) >= 11 is 0. The molecule has 0 unspecified atom stereocenters. The molecule has 2 fully saturated rings. The Labute approximate surface area is 147 Å². The van der Waals surface area contributed by atoms with Crippen molar-refractivity contribution >= 4 is 17.8 Å². The standard InChI is InChI=1S/C19H24N2O4/c1-19(18(24)20-12-16(22)25-13-14-8-9-14)10-5-11-21(19)17(23)15-6-3-2-4-7-15/h2-4,6-7,14H,5,8-13H2,1H3,(H,20,24)/t19-/m0/s1. The van der Waals surface area contributed by atoms with Crippen molar-refractivity contribution in [1.29, 1.82) is 0 Å². The van der Waals surface area contributed by atoms with E-state index in [1.807, 2.05) is 6.07 Å². The fraction of sp³-hybridized carbons (Fsp3) is 0.526. The third-order valence-corrected chi connectivity index (χ3v) is 4.97. The van der Waals surface area contributed by atoms with E-state index in [4.69, 9.17) is 4.74 Å². The van der Waals surface area contributed by atoms with Crippen LogP contribution in [0.15, 0.2) is 30.3 Å². The summed E-state index contributed by atoms with van der Waals surface area (Å²) in [6.07, 6.45) is 3.55. The molecule has 0 bridgehead atoms. The quantitative estimate of drug-likeness (QED) is 0.798. The maximum atomic E-state index is 12.7. The van der Waals surface area contributed by atoms with Gasteiger partial charge >= 0.3 is 5.97 Å². The van der Waals surface area contributed by atoms with Crippen LogP contribution < -0.4 is 5.32 Å². The number of nitrogens with one attached hydrogen (secondary N) is 1. The molecule has 0 spiro atoms. The molecule has 1 N–H and O–H groups in total. The third kappa shape index (κ3) is 4.00. The lowest BCUT2D eigenvalue weighted by Crippen LogP contribution is -2.56. The summed E-state index contributed by atoms with van der Waals surface area (Å²) in [7, 11) is 0. The Kier molecular flexibility index (Phi) is 5.06. The predicted molar refractivity (Wildman–Crippen MR) is 91.8 cm³/mol. The van der Waals surface area contributed by atoms with Gasteiger partial charge in [-0.25, -0.2) is 0 Å². The summed E-state index contributed by atoms with van der Waals surface area (Å²) in [5.41, 5.74) is -0.378. The lowest BCUT2D eigenvalue weighted by molar-refractivity contribution is -0.145. The van der Waals surface area contributed by atoms with Gasteiger partial charge in [0.25, 0.3) is 5.91 Å². The second kappa shape index (κ2) is 7.25. The van der Waals surface area contributed by atoms with Crippen molar-refractivity contribution in [3.05, 3.63) is 35.9 Å². The second-order valence-electron chi connectivity index (χ2n) is 7.01. The molecular weight excluding hydrogens is 320 g/mol. The Morgan fingerprint density at radius 1 is 1.24 bits per heavy atom. The van der Waals surface area contributed by atoms with Crippen molar-refractivity contribution in [2.45, 2.75) is 38.1 Å². The first kappa shape index (κ1) is 17.5. The van der Waals surface area contributed by atoms with Gasteiger partial charge in [-0.05, 0) is 50.7 Å². The summed E-state index contributed by atoms with van der Waals surface area (Å²) in [5.74, 6) is -0.404. The number of benzene rings is 1. The first-order chi connectivity index (χ1) is 12.0. The first-order valence-electron chi connectivity index (χ1n) is 8.81. The SMILES string of the molecule is C[C@@]1(C(=O)NCC(=O)OCC2CC2)CCCN1C(=O)c1ccccc1. The van der Waals surface area contributed by atoms with Crippen molar-refractivity contribution in [3.8, 4) is 0 Å². The molecule has 1 saturated carbocycles. The molecule has 3 rings (SSSR count). The lowest BCUT2D eigenvalue weighted by Gasteiger charge is -2.33. The number of rotatable bonds is 6. The van der Waals surface area contributed by atoms with E-state index >= 15 is 0 Å². The Morgan fingerprint density at radius 2 is 1.96 bits per heavy atom. The van der Waals surface area contributed by atoms with Crippen LogP contribution in [0.5, 0.6) is 0 Å². The first-order valence-corrected chi connectivity index (χ1v) is 8.81. The van der Waals surface area contributed by atoms with Crippen LogP contribution in [0.4, 0.5) is 0 Å². The number of carbonyl (C=O) groups is 3. The van der Waals surface area contributed by atoms with E-state index in [-0.39, 0.29) is 18.4 Å². The summed E-state index contributed by atoms with van der Waals surface area (Å²) < 4.78 is 5.12. The number of amides is 2. The number of ether oxygens (including phenoxy) is 1. The Hall–Kier alpha value is -2.37. The zero-order chi connectivity index (χ0) is 17.9. The van der Waals surface area contributed by atoms with E-state index in [1.54, 1.807) is 36.1 Å². The molecule has 2 aliphatic rings. The predicted octanol–water partition coefficient (Wildman–Crippen LogP) is 1.75. The molecule has 6 heteroatoms. The van der Waals surface area contributed by atoms with Crippen LogP contribution in [-0.2, 0) is 14.3 Å². The fourth-order valence-electron chi connectivity index (χ4n) is 3.15. The van der Waals surface area contributed by atoms with Gasteiger partial charge in [0.15, 0.2) is 0 Å². The average Bonchev–Trinajstić information content (AvgIpc) is 3.38. The molecule has 6 nitrogen and oxygen atoms in total. The monoisotopic (exact) mass is 344 g/mol. The summed E-state index contributed by atoms with van der Waals surface area (Å²) in [6.45, 7) is 2.56. The van der Waals surface area contributed by atoms with Crippen LogP contribution >= 0.6 is 0 Å².